The summed E-state index contributed by atoms with van der Waals surface area (Å²) in [5.74, 6) is 1.93. The van der Waals surface area contributed by atoms with Crippen molar-refractivity contribution in [3.8, 4) is 11.3 Å². The highest BCUT2D eigenvalue weighted by molar-refractivity contribution is 5.67. The van der Waals surface area contributed by atoms with E-state index in [0.717, 1.165) is 60.5 Å². The second-order valence-corrected chi connectivity index (χ2v) is 8.91. The van der Waals surface area contributed by atoms with Crippen LogP contribution < -0.4 is 9.80 Å². The van der Waals surface area contributed by atoms with Crippen molar-refractivity contribution in [2.24, 2.45) is 7.05 Å². The van der Waals surface area contributed by atoms with Gasteiger partial charge in [-0.1, -0.05) is 37.3 Å². The molecule has 1 saturated heterocycles. The number of hydrogen-bond acceptors (Lipinski definition) is 7. The maximum atomic E-state index is 4.70. The van der Waals surface area contributed by atoms with E-state index >= 15 is 0 Å². The number of anilines is 2. The van der Waals surface area contributed by atoms with E-state index in [1.54, 1.807) is 6.33 Å². The Hall–Kier alpha value is -4.27. The summed E-state index contributed by atoms with van der Waals surface area (Å²) in [6, 6.07) is 14.6. The summed E-state index contributed by atoms with van der Waals surface area (Å²) in [7, 11) is 1.92. The van der Waals surface area contributed by atoms with Crippen LogP contribution in [-0.2, 0) is 7.05 Å². The molecule has 5 heterocycles. The van der Waals surface area contributed by atoms with Gasteiger partial charge in [0, 0.05) is 63.3 Å². The molecule has 0 bridgehead atoms. The maximum Gasteiger partial charge on any atom is 0.225 e. The first-order valence-electron chi connectivity index (χ1n) is 11.9. The van der Waals surface area contributed by atoms with E-state index < -0.39 is 0 Å². The summed E-state index contributed by atoms with van der Waals surface area (Å²) in [4.78, 5) is 23.1. The third kappa shape index (κ3) is 3.99. The summed E-state index contributed by atoms with van der Waals surface area (Å²) in [6.45, 7) is 5.48. The second kappa shape index (κ2) is 8.83. The van der Waals surface area contributed by atoms with Crippen LogP contribution in [0.3, 0.4) is 0 Å². The zero-order chi connectivity index (χ0) is 23.8. The smallest absolute Gasteiger partial charge is 0.225 e. The average Bonchev–Trinajstić information content (AvgIpc) is 3.55. The molecule has 0 saturated carbocycles. The SMILES string of the molecule is CC(c1ccccc1)c1cnc(N2CCN(c3ncnc4ccc(-c5cnn(C)c5)n34)CC2)nc1. The molecule has 0 spiro atoms. The Morgan fingerprint density at radius 1 is 0.771 bits per heavy atom. The minimum atomic E-state index is 0.262. The summed E-state index contributed by atoms with van der Waals surface area (Å²) < 4.78 is 3.92. The molecule has 5 aromatic rings. The number of aryl methyl sites for hydroxylation is 1. The van der Waals surface area contributed by atoms with Gasteiger partial charge in [-0.3, -0.25) is 9.08 Å². The molecule has 1 aliphatic rings. The Bertz CT molecular complexity index is 1430. The van der Waals surface area contributed by atoms with Crippen molar-refractivity contribution < 1.29 is 0 Å². The van der Waals surface area contributed by atoms with E-state index in [1.165, 1.54) is 5.56 Å². The van der Waals surface area contributed by atoms with E-state index in [2.05, 4.69) is 66.5 Å². The van der Waals surface area contributed by atoms with E-state index in [4.69, 9.17) is 9.97 Å². The Balaban J connectivity index is 1.19. The first-order valence-corrected chi connectivity index (χ1v) is 11.9. The molecule has 0 amide bonds. The Morgan fingerprint density at radius 2 is 1.51 bits per heavy atom. The van der Waals surface area contributed by atoms with Crippen LogP contribution in [0.5, 0.6) is 0 Å². The van der Waals surface area contributed by atoms with Crippen LogP contribution >= 0.6 is 0 Å². The van der Waals surface area contributed by atoms with Gasteiger partial charge >= 0.3 is 0 Å². The lowest BCUT2D eigenvalue weighted by atomic mass is 9.96. The Labute approximate surface area is 203 Å². The average molecular weight is 466 g/mol. The van der Waals surface area contributed by atoms with Gasteiger partial charge in [0.25, 0.3) is 0 Å². The molecule has 0 N–H and O–H groups in total. The fourth-order valence-electron chi connectivity index (χ4n) is 4.69. The minimum Gasteiger partial charge on any atom is -0.338 e. The van der Waals surface area contributed by atoms with E-state index in [9.17, 15) is 0 Å². The van der Waals surface area contributed by atoms with Gasteiger partial charge in [0.1, 0.15) is 12.0 Å². The molecule has 1 unspecified atom stereocenters. The Morgan fingerprint density at radius 3 is 2.23 bits per heavy atom. The number of piperazine rings is 1. The molecule has 4 aromatic heterocycles. The van der Waals surface area contributed by atoms with Crippen molar-refractivity contribution in [1.82, 2.24) is 34.1 Å². The second-order valence-electron chi connectivity index (χ2n) is 8.91. The number of aromatic nitrogens is 7. The summed E-state index contributed by atoms with van der Waals surface area (Å²) >= 11 is 0. The highest BCUT2D eigenvalue weighted by Crippen LogP contribution is 2.27. The highest BCUT2D eigenvalue weighted by Gasteiger charge is 2.23. The third-order valence-electron chi connectivity index (χ3n) is 6.73. The Kier molecular flexibility index (Phi) is 5.36. The molecular weight excluding hydrogens is 438 g/mol. The van der Waals surface area contributed by atoms with Crippen molar-refractivity contribution in [1.29, 1.82) is 0 Å². The van der Waals surface area contributed by atoms with E-state index in [1.807, 2.05) is 48.6 Å². The maximum absolute atomic E-state index is 4.70. The lowest BCUT2D eigenvalue weighted by Gasteiger charge is -2.35. The zero-order valence-electron chi connectivity index (χ0n) is 19.9. The van der Waals surface area contributed by atoms with E-state index in [-0.39, 0.29) is 5.92 Å². The summed E-state index contributed by atoms with van der Waals surface area (Å²) in [6.07, 6.45) is 9.44. The van der Waals surface area contributed by atoms with Crippen molar-refractivity contribution in [3.63, 3.8) is 0 Å². The molecule has 0 radical (unpaired) electrons. The van der Waals surface area contributed by atoms with Gasteiger partial charge in [-0.05, 0) is 23.3 Å². The van der Waals surface area contributed by atoms with Crippen LogP contribution in [0.15, 0.2) is 73.6 Å². The van der Waals surface area contributed by atoms with Crippen LogP contribution in [0.4, 0.5) is 11.9 Å². The van der Waals surface area contributed by atoms with E-state index in [0.29, 0.717) is 0 Å². The molecule has 1 aromatic carbocycles. The third-order valence-corrected chi connectivity index (χ3v) is 6.73. The molecule has 1 fully saturated rings. The topological polar surface area (TPSA) is 80.3 Å². The number of benzene rings is 1. The predicted molar refractivity (Wildman–Crippen MR) is 136 cm³/mol. The van der Waals surface area contributed by atoms with Gasteiger partial charge in [0.05, 0.1) is 11.9 Å². The molecule has 9 heteroatoms. The molecule has 176 valence electrons. The lowest BCUT2D eigenvalue weighted by Crippen LogP contribution is -2.48. The van der Waals surface area contributed by atoms with Crippen LogP contribution in [0, 0.1) is 0 Å². The van der Waals surface area contributed by atoms with Gasteiger partial charge in [0.2, 0.25) is 11.9 Å². The van der Waals surface area contributed by atoms with Crippen molar-refractivity contribution in [3.05, 3.63) is 84.7 Å². The van der Waals surface area contributed by atoms with Gasteiger partial charge in [-0.25, -0.2) is 19.9 Å². The van der Waals surface area contributed by atoms with Crippen LogP contribution in [-0.4, -0.2) is 60.3 Å². The normalized spacial score (nSPS) is 15.0. The first kappa shape index (κ1) is 21.3. The number of fused-ring (bicyclic) bond motifs is 1. The summed E-state index contributed by atoms with van der Waals surface area (Å²) in [5.41, 5.74) is 5.35. The van der Waals surface area contributed by atoms with Crippen LogP contribution in [0.25, 0.3) is 16.9 Å². The highest BCUT2D eigenvalue weighted by atomic mass is 15.4. The van der Waals surface area contributed by atoms with Gasteiger partial charge in [-0.2, -0.15) is 5.10 Å². The molecule has 9 nitrogen and oxygen atoms in total. The molecule has 35 heavy (non-hydrogen) atoms. The molecule has 1 atom stereocenters. The largest absolute Gasteiger partial charge is 0.338 e. The number of hydrogen-bond donors (Lipinski definition) is 0. The molecule has 6 rings (SSSR count). The minimum absolute atomic E-state index is 0.262. The number of nitrogens with zero attached hydrogens (tertiary/aromatic N) is 9. The monoisotopic (exact) mass is 465 g/mol. The quantitative estimate of drug-likeness (QED) is 0.394. The van der Waals surface area contributed by atoms with Crippen LogP contribution in [0.2, 0.25) is 0 Å². The molecule has 0 aliphatic carbocycles. The standard InChI is InChI=1S/C26H27N9/c1-19(20-6-4-3-5-7-20)21-14-27-25(28-15-21)33-10-12-34(13-11-33)26-30-18-29-24-9-8-23(35(24)26)22-16-31-32(2)17-22/h3-9,14-19H,10-13H2,1-2H3. The molecule has 1 aliphatic heterocycles. The summed E-state index contributed by atoms with van der Waals surface area (Å²) in [5, 5.41) is 4.33. The van der Waals surface area contributed by atoms with Crippen molar-refractivity contribution in [2.45, 2.75) is 12.8 Å². The van der Waals surface area contributed by atoms with Gasteiger partial charge in [0.15, 0.2) is 0 Å². The fraction of sp³-hybridized carbons (Fsp3) is 0.269. The van der Waals surface area contributed by atoms with Crippen molar-refractivity contribution >= 4 is 17.5 Å². The predicted octanol–water partition coefficient (Wildman–Crippen LogP) is 3.40. The zero-order valence-corrected chi connectivity index (χ0v) is 19.9. The molecular formula is C26H27N9. The van der Waals surface area contributed by atoms with Crippen LogP contribution in [0.1, 0.15) is 24.0 Å². The number of rotatable bonds is 5. The fourth-order valence-corrected chi connectivity index (χ4v) is 4.69. The first-order chi connectivity index (χ1) is 17.2. The van der Waals surface area contributed by atoms with Gasteiger partial charge < -0.3 is 9.80 Å². The van der Waals surface area contributed by atoms with Crippen molar-refractivity contribution in [2.75, 3.05) is 36.0 Å². The lowest BCUT2D eigenvalue weighted by molar-refractivity contribution is 0.623. The van der Waals surface area contributed by atoms with Gasteiger partial charge in [-0.15, -0.1) is 0 Å².